The molecule has 0 aromatic heterocycles. The monoisotopic (exact) mass is 379 g/mol. The zero-order chi connectivity index (χ0) is 20.6. The molecule has 150 valence electrons. The predicted octanol–water partition coefficient (Wildman–Crippen LogP) is 2.17. The summed E-state index contributed by atoms with van der Waals surface area (Å²) in [6.07, 6.45) is 0.361. The summed E-state index contributed by atoms with van der Waals surface area (Å²) in [7, 11) is 0. The number of rotatable bonds is 9. The van der Waals surface area contributed by atoms with Crippen LogP contribution in [0.4, 0.5) is 4.39 Å². The Hall–Kier alpha value is -2.44. The fourth-order valence-electron chi connectivity index (χ4n) is 2.45. The summed E-state index contributed by atoms with van der Waals surface area (Å²) in [4.78, 5) is 36.2. The van der Waals surface area contributed by atoms with E-state index in [1.807, 2.05) is 27.7 Å². The standard InChI is InChI=1S/C20H30FN3O3/c1-12(2)10-17(25)24-18(13(3)4)20(27)23-9-8-22-19(26)15-7-6-14(5)16(21)11-15/h6-7,11-13,18H,8-10H2,1-5H3,(H,22,26)(H,23,27)(H,24,25). The van der Waals surface area contributed by atoms with Gasteiger partial charge in [-0.05, 0) is 36.5 Å². The van der Waals surface area contributed by atoms with Gasteiger partial charge in [0.25, 0.3) is 5.91 Å². The average Bonchev–Trinajstić information content (AvgIpc) is 2.57. The molecule has 0 aliphatic rings. The van der Waals surface area contributed by atoms with Crippen LogP contribution >= 0.6 is 0 Å². The highest BCUT2D eigenvalue weighted by atomic mass is 19.1. The molecule has 0 saturated carbocycles. The Balaban J connectivity index is 2.46. The van der Waals surface area contributed by atoms with Crippen LogP contribution in [0, 0.1) is 24.6 Å². The molecule has 1 unspecified atom stereocenters. The highest BCUT2D eigenvalue weighted by Gasteiger charge is 2.24. The van der Waals surface area contributed by atoms with Crippen LogP contribution in [-0.4, -0.2) is 36.9 Å². The lowest BCUT2D eigenvalue weighted by molar-refractivity contribution is -0.130. The van der Waals surface area contributed by atoms with Gasteiger partial charge in [0, 0.05) is 25.1 Å². The van der Waals surface area contributed by atoms with Crippen molar-refractivity contribution in [3.8, 4) is 0 Å². The van der Waals surface area contributed by atoms with Crippen molar-refractivity contribution in [1.82, 2.24) is 16.0 Å². The first-order chi connectivity index (χ1) is 12.6. The second-order valence-corrected chi connectivity index (χ2v) is 7.40. The van der Waals surface area contributed by atoms with Gasteiger partial charge in [-0.1, -0.05) is 33.8 Å². The molecule has 0 fully saturated rings. The molecule has 0 saturated heterocycles. The number of carbonyl (C=O) groups is 3. The molecule has 1 rings (SSSR count). The van der Waals surface area contributed by atoms with E-state index in [9.17, 15) is 18.8 Å². The van der Waals surface area contributed by atoms with E-state index >= 15 is 0 Å². The third-order valence-corrected chi connectivity index (χ3v) is 4.00. The largest absolute Gasteiger partial charge is 0.353 e. The summed E-state index contributed by atoms with van der Waals surface area (Å²) in [6, 6.07) is 3.64. The maximum atomic E-state index is 13.5. The van der Waals surface area contributed by atoms with Crippen molar-refractivity contribution in [1.29, 1.82) is 0 Å². The normalized spacial score (nSPS) is 12.0. The number of hydrogen-bond donors (Lipinski definition) is 3. The molecule has 0 bridgehead atoms. The zero-order valence-electron chi connectivity index (χ0n) is 16.7. The van der Waals surface area contributed by atoms with Crippen LogP contribution in [0.15, 0.2) is 18.2 Å². The van der Waals surface area contributed by atoms with Gasteiger partial charge in [-0.2, -0.15) is 0 Å². The van der Waals surface area contributed by atoms with Crippen LogP contribution in [0.25, 0.3) is 0 Å². The van der Waals surface area contributed by atoms with Crippen molar-refractivity contribution in [2.75, 3.05) is 13.1 Å². The molecular formula is C20H30FN3O3. The van der Waals surface area contributed by atoms with Crippen molar-refractivity contribution in [2.45, 2.75) is 47.1 Å². The summed E-state index contributed by atoms with van der Waals surface area (Å²) in [5.41, 5.74) is 0.698. The van der Waals surface area contributed by atoms with Gasteiger partial charge in [-0.3, -0.25) is 14.4 Å². The molecular weight excluding hydrogens is 349 g/mol. The Kier molecular flexibility index (Phi) is 8.91. The summed E-state index contributed by atoms with van der Waals surface area (Å²) in [5, 5.41) is 8.09. The Morgan fingerprint density at radius 2 is 1.67 bits per heavy atom. The molecule has 1 aromatic rings. The molecule has 3 amide bonds. The van der Waals surface area contributed by atoms with Gasteiger partial charge in [0.15, 0.2) is 0 Å². The number of hydrogen-bond acceptors (Lipinski definition) is 3. The summed E-state index contributed by atoms with van der Waals surface area (Å²) < 4.78 is 13.5. The lowest BCUT2D eigenvalue weighted by Crippen LogP contribution is -2.51. The van der Waals surface area contributed by atoms with Gasteiger partial charge < -0.3 is 16.0 Å². The van der Waals surface area contributed by atoms with Gasteiger partial charge >= 0.3 is 0 Å². The smallest absolute Gasteiger partial charge is 0.251 e. The predicted molar refractivity (Wildman–Crippen MR) is 103 cm³/mol. The van der Waals surface area contributed by atoms with Crippen molar-refractivity contribution < 1.29 is 18.8 Å². The number of carbonyl (C=O) groups excluding carboxylic acids is 3. The van der Waals surface area contributed by atoms with Gasteiger partial charge in [0.2, 0.25) is 11.8 Å². The van der Waals surface area contributed by atoms with Crippen LogP contribution in [0.3, 0.4) is 0 Å². The molecule has 0 heterocycles. The van der Waals surface area contributed by atoms with Crippen molar-refractivity contribution in [3.05, 3.63) is 35.1 Å². The first-order valence-electron chi connectivity index (χ1n) is 9.23. The Bertz CT molecular complexity index is 674. The summed E-state index contributed by atoms with van der Waals surface area (Å²) in [5.74, 6) is -1.15. The molecule has 3 N–H and O–H groups in total. The van der Waals surface area contributed by atoms with E-state index in [4.69, 9.17) is 0 Å². The average molecular weight is 379 g/mol. The van der Waals surface area contributed by atoms with E-state index in [-0.39, 0.29) is 42.3 Å². The van der Waals surface area contributed by atoms with Crippen LogP contribution in [0.1, 0.15) is 50.0 Å². The maximum Gasteiger partial charge on any atom is 0.251 e. The zero-order valence-corrected chi connectivity index (χ0v) is 16.7. The summed E-state index contributed by atoms with van der Waals surface area (Å²) >= 11 is 0. The Morgan fingerprint density at radius 1 is 1.04 bits per heavy atom. The Labute approximate surface area is 160 Å². The number of amides is 3. The van der Waals surface area contributed by atoms with E-state index < -0.39 is 17.8 Å². The second kappa shape index (κ2) is 10.6. The first kappa shape index (κ1) is 22.6. The SMILES string of the molecule is Cc1ccc(C(=O)NCCNC(=O)C(NC(=O)CC(C)C)C(C)C)cc1F. The number of benzene rings is 1. The third-order valence-electron chi connectivity index (χ3n) is 4.00. The molecule has 0 radical (unpaired) electrons. The molecule has 0 aliphatic carbocycles. The van der Waals surface area contributed by atoms with Crippen LogP contribution in [0.5, 0.6) is 0 Å². The minimum atomic E-state index is -0.627. The van der Waals surface area contributed by atoms with E-state index in [1.54, 1.807) is 19.1 Å². The highest BCUT2D eigenvalue weighted by molar-refractivity contribution is 5.94. The number of aryl methyl sites for hydroxylation is 1. The Morgan fingerprint density at radius 3 is 2.22 bits per heavy atom. The minimum Gasteiger partial charge on any atom is -0.353 e. The fraction of sp³-hybridized carbons (Fsp3) is 0.550. The van der Waals surface area contributed by atoms with E-state index in [1.165, 1.54) is 6.07 Å². The van der Waals surface area contributed by atoms with E-state index in [0.717, 1.165) is 0 Å². The van der Waals surface area contributed by atoms with Gasteiger partial charge in [-0.25, -0.2) is 4.39 Å². The fourth-order valence-corrected chi connectivity index (χ4v) is 2.45. The highest BCUT2D eigenvalue weighted by Crippen LogP contribution is 2.09. The molecule has 0 spiro atoms. The van der Waals surface area contributed by atoms with Gasteiger partial charge in [0.1, 0.15) is 11.9 Å². The van der Waals surface area contributed by atoms with Crippen molar-refractivity contribution >= 4 is 17.7 Å². The van der Waals surface area contributed by atoms with Crippen LogP contribution < -0.4 is 16.0 Å². The number of nitrogens with one attached hydrogen (secondary N) is 3. The van der Waals surface area contributed by atoms with Crippen molar-refractivity contribution in [3.63, 3.8) is 0 Å². The molecule has 1 atom stereocenters. The molecule has 6 nitrogen and oxygen atoms in total. The molecule has 1 aromatic carbocycles. The maximum absolute atomic E-state index is 13.5. The lowest BCUT2D eigenvalue weighted by atomic mass is 10.0. The van der Waals surface area contributed by atoms with E-state index in [0.29, 0.717) is 12.0 Å². The van der Waals surface area contributed by atoms with Crippen molar-refractivity contribution in [2.24, 2.45) is 11.8 Å². The molecule has 27 heavy (non-hydrogen) atoms. The van der Waals surface area contributed by atoms with Crippen LogP contribution in [0.2, 0.25) is 0 Å². The molecule has 7 heteroatoms. The lowest BCUT2D eigenvalue weighted by Gasteiger charge is -2.22. The first-order valence-corrected chi connectivity index (χ1v) is 9.23. The van der Waals surface area contributed by atoms with E-state index in [2.05, 4.69) is 16.0 Å². The summed E-state index contributed by atoms with van der Waals surface area (Å²) in [6.45, 7) is 9.62. The topological polar surface area (TPSA) is 87.3 Å². The minimum absolute atomic E-state index is 0.0637. The quantitative estimate of drug-likeness (QED) is 0.575. The van der Waals surface area contributed by atoms with Gasteiger partial charge in [0.05, 0.1) is 0 Å². The number of halogens is 1. The van der Waals surface area contributed by atoms with Gasteiger partial charge in [-0.15, -0.1) is 0 Å². The third kappa shape index (κ3) is 7.76. The second-order valence-electron chi connectivity index (χ2n) is 7.40. The molecule has 0 aliphatic heterocycles. The van der Waals surface area contributed by atoms with Crippen LogP contribution in [-0.2, 0) is 9.59 Å².